The first-order valence-corrected chi connectivity index (χ1v) is 12.3. The second-order valence-electron chi connectivity index (χ2n) is 8.40. The lowest BCUT2D eigenvalue weighted by Crippen LogP contribution is -2.44. The smallest absolute Gasteiger partial charge is 0.233 e. The van der Waals surface area contributed by atoms with Gasteiger partial charge < -0.3 is 25.2 Å². The molecule has 36 heavy (non-hydrogen) atoms. The Hall–Kier alpha value is -3.90. The maximum atomic E-state index is 11.4. The maximum Gasteiger partial charge on any atom is 0.233 e. The molecule has 0 radical (unpaired) electrons. The zero-order valence-electron chi connectivity index (χ0n) is 20.3. The van der Waals surface area contributed by atoms with Gasteiger partial charge in [0.15, 0.2) is 22.4 Å². The molecule has 0 spiro atoms. The fourth-order valence-electron chi connectivity index (χ4n) is 3.90. The van der Waals surface area contributed by atoms with E-state index in [1.165, 1.54) is 18.7 Å². The third-order valence-corrected chi connectivity index (χ3v) is 6.68. The second kappa shape index (κ2) is 10.4. The summed E-state index contributed by atoms with van der Waals surface area (Å²) >= 11 is 1.41. The van der Waals surface area contributed by atoms with E-state index in [2.05, 4.69) is 42.5 Å². The van der Waals surface area contributed by atoms with Crippen LogP contribution in [0.25, 0.3) is 5.65 Å². The summed E-state index contributed by atoms with van der Waals surface area (Å²) < 4.78 is 7.31. The van der Waals surface area contributed by atoms with Crippen molar-refractivity contribution in [3.8, 4) is 5.75 Å². The van der Waals surface area contributed by atoms with E-state index >= 15 is 0 Å². The molecule has 0 atom stereocenters. The van der Waals surface area contributed by atoms with Crippen molar-refractivity contribution in [3.63, 3.8) is 0 Å². The standard InChI is InChI=1S/C24H27N9O2S/c1-16(34)27-17-5-4-6-19(13-17)36-24-30-23(28-21-7-8-26-33(21)24)29-22-20(35-3)14-18(15-25-22)32-11-9-31(2)10-12-32/h4-8,13-15H,9-12H2,1-3H3,(H,27,34)(H,25,28,29). The van der Waals surface area contributed by atoms with Gasteiger partial charge in [0, 0.05) is 55.8 Å². The molecule has 2 N–H and O–H groups in total. The van der Waals surface area contributed by atoms with Gasteiger partial charge in [-0.1, -0.05) is 6.07 Å². The second-order valence-corrected chi connectivity index (χ2v) is 9.44. The number of hydrogen-bond donors (Lipinski definition) is 2. The number of amides is 1. The molecular weight excluding hydrogens is 478 g/mol. The number of benzene rings is 1. The minimum atomic E-state index is -0.125. The number of ether oxygens (including phenoxy) is 1. The van der Waals surface area contributed by atoms with E-state index in [1.54, 1.807) is 17.8 Å². The summed E-state index contributed by atoms with van der Waals surface area (Å²) in [5, 5.41) is 11.0. The van der Waals surface area contributed by atoms with Crippen LogP contribution >= 0.6 is 11.8 Å². The van der Waals surface area contributed by atoms with E-state index in [-0.39, 0.29) is 5.91 Å². The number of anilines is 4. The number of nitrogens with zero attached hydrogens (tertiary/aromatic N) is 7. The Morgan fingerprint density at radius 1 is 1.11 bits per heavy atom. The lowest BCUT2D eigenvalue weighted by atomic mass is 10.2. The molecule has 186 valence electrons. The molecule has 1 aliphatic rings. The van der Waals surface area contributed by atoms with Crippen LogP contribution in [0, 0.1) is 0 Å². The predicted octanol–water partition coefficient (Wildman–Crippen LogP) is 3.13. The van der Waals surface area contributed by atoms with Gasteiger partial charge in [-0.3, -0.25) is 4.79 Å². The van der Waals surface area contributed by atoms with Crippen LogP contribution in [0.1, 0.15) is 6.92 Å². The summed E-state index contributed by atoms with van der Waals surface area (Å²) in [6, 6.07) is 11.4. The molecule has 0 aliphatic carbocycles. The summed E-state index contributed by atoms with van der Waals surface area (Å²) in [7, 11) is 3.76. The third-order valence-electron chi connectivity index (χ3n) is 5.75. The maximum absolute atomic E-state index is 11.4. The van der Waals surface area contributed by atoms with Gasteiger partial charge in [-0.2, -0.15) is 19.6 Å². The lowest BCUT2D eigenvalue weighted by molar-refractivity contribution is -0.114. The Morgan fingerprint density at radius 2 is 1.94 bits per heavy atom. The topological polar surface area (TPSA) is 113 Å². The molecule has 1 aliphatic heterocycles. The monoisotopic (exact) mass is 505 g/mol. The summed E-state index contributed by atoms with van der Waals surface area (Å²) in [5.74, 6) is 1.39. The Morgan fingerprint density at radius 3 is 2.72 bits per heavy atom. The molecule has 4 heterocycles. The highest BCUT2D eigenvalue weighted by Crippen LogP contribution is 2.32. The van der Waals surface area contributed by atoms with Crippen molar-refractivity contribution in [1.82, 2.24) is 29.5 Å². The van der Waals surface area contributed by atoms with Crippen molar-refractivity contribution in [2.45, 2.75) is 17.0 Å². The first-order chi connectivity index (χ1) is 17.5. The molecule has 1 amide bonds. The number of methoxy groups -OCH3 is 1. The average Bonchev–Trinajstić information content (AvgIpc) is 3.34. The molecule has 11 nitrogen and oxygen atoms in total. The fourth-order valence-corrected chi connectivity index (χ4v) is 4.80. The van der Waals surface area contributed by atoms with Gasteiger partial charge in [-0.15, -0.1) is 0 Å². The van der Waals surface area contributed by atoms with Gasteiger partial charge in [0.1, 0.15) is 0 Å². The Balaban J connectivity index is 1.41. The van der Waals surface area contributed by atoms with Crippen molar-refractivity contribution < 1.29 is 9.53 Å². The van der Waals surface area contributed by atoms with Crippen LogP contribution in [0.4, 0.5) is 23.1 Å². The van der Waals surface area contributed by atoms with E-state index < -0.39 is 0 Å². The van der Waals surface area contributed by atoms with Crippen LogP contribution in [0.5, 0.6) is 5.75 Å². The zero-order chi connectivity index (χ0) is 25.1. The summed E-state index contributed by atoms with van der Waals surface area (Å²) in [4.78, 5) is 30.8. The van der Waals surface area contributed by atoms with Crippen molar-refractivity contribution in [2.24, 2.45) is 0 Å². The minimum Gasteiger partial charge on any atom is -0.493 e. The molecule has 0 bridgehead atoms. The minimum absolute atomic E-state index is 0.125. The number of fused-ring (bicyclic) bond motifs is 1. The zero-order valence-corrected chi connectivity index (χ0v) is 21.1. The summed E-state index contributed by atoms with van der Waals surface area (Å²) in [6.07, 6.45) is 3.52. The van der Waals surface area contributed by atoms with Gasteiger partial charge in [-0.05, 0) is 37.0 Å². The molecule has 0 unspecified atom stereocenters. The van der Waals surface area contributed by atoms with Gasteiger partial charge in [0.25, 0.3) is 0 Å². The number of carbonyl (C=O) groups excluding carboxylic acids is 1. The van der Waals surface area contributed by atoms with Crippen molar-refractivity contribution in [2.75, 3.05) is 55.9 Å². The third kappa shape index (κ3) is 5.34. The van der Waals surface area contributed by atoms with Crippen molar-refractivity contribution in [1.29, 1.82) is 0 Å². The Labute approximate surface area is 212 Å². The quantitative estimate of drug-likeness (QED) is 0.388. The average molecular weight is 506 g/mol. The number of pyridine rings is 1. The van der Waals surface area contributed by atoms with Crippen LogP contribution < -0.4 is 20.3 Å². The molecule has 12 heteroatoms. The molecule has 1 saturated heterocycles. The van der Waals surface area contributed by atoms with E-state index in [4.69, 9.17) is 9.72 Å². The van der Waals surface area contributed by atoms with Crippen LogP contribution in [0.3, 0.4) is 0 Å². The Kier molecular flexibility index (Phi) is 6.87. The van der Waals surface area contributed by atoms with E-state index in [1.807, 2.05) is 42.6 Å². The highest BCUT2D eigenvalue weighted by Gasteiger charge is 2.18. The fraction of sp³-hybridized carbons (Fsp3) is 0.292. The molecule has 1 aromatic carbocycles. The molecule has 5 rings (SSSR count). The predicted molar refractivity (Wildman–Crippen MR) is 139 cm³/mol. The Bertz CT molecular complexity index is 1390. The number of rotatable bonds is 7. The number of likely N-dealkylation sites (N-methyl/N-ethyl adjacent to an activating group) is 1. The highest BCUT2D eigenvalue weighted by molar-refractivity contribution is 7.99. The summed E-state index contributed by atoms with van der Waals surface area (Å²) in [5.41, 5.74) is 2.37. The normalized spacial score (nSPS) is 14.1. The van der Waals surface area contributed by atoms with Crippen LogP contribution in [-0.2, 0) is 4.79 Å². The summed E-state index contributed by atoms with van der Waals surface area (Å²) in [6.45, 7) is 5.39. The highest BCUT2D eigenvalue weighted by atomic mass is 32.2. The van der Waals surface area contributed by atoms with Gasteiger partial charge in [-0.25, -0.2) is 4.98 Å². The van der Waals surface area contributed by atoms with Crippen LogP contribution in [-0.4, -0.2) is 75.7 Å². The number of aromatic nitrogens is 5. The first-order valence-electron chi connectivity index (χ1n) is 11.5. The largest absolute Gasteiger partial charge is 0.493 e. The molecule has 1 fully saturated rings. The number of piperazine rings is 1. The molecular formula is C24H27N9O2S. The van der Waals surface area contributed by atoms with Crippen LogP contribution in [0.15, 0.2) is 58.8 Å². The number of nitrogens with one attached hydrogen (secondary N) is 2. The van der Waals surface area contributed by atoms with E-state index in [9.17, 15) is 4.79 Å². The van der Waals surface area contributed by atoms with Crippen molar-refractivity contribution in [3.05, 3.63) is 48.8 Å². The molecule has 4 aromatic rings. The first kappa shape index (κ1) is 23.8. The number of hydrogen-bond acceptors (Lipinski definition) is 10. The van der Waals surface area contributed by atoms with Gasteiger partial charge in [0.2, 0.25) is 11.9 Å². The molecule has 3 aromatic heterocycles. The SMILES string of the molecule is COc1cc(N2CCN(C)CC2)cnc1Nc1nc(Sc2cccc(NC(C)=O)c2)n2nccc2n1. The van der Waals surface area contributed by atoms with Gasteiger partial charge in [0.05, 0.1) is 25.2 Å². The molecule has 0 saturated carbocycles. The van der Waals surface area contributed by atoms with Gasteiger partial charge >= 0.3 is 0 Å². The number of carbonyl (C=O) groups is 1. The van der Waals surface area contributed by atoms with Crippen LogP contribution in [0.2, 0.25) is 0 Å². The lowest BCUT2D eigenvalue weighted by Gasteiger charge is -2.34. The van der Waals surface area contributed by atoms with E-state index in [0.717, 1.165) is 36.8 Å². The van der Waals surface area contributed by atoms with Crippen molar-refractivity contribution >= 4 is 46.5 Å². The van der Waals surface area contributed by atoms with E-state index in [0.29, 0.717) is 34.0 Å².